The Morgan fingerprint density at radius 3 is 2.65 bits per heavy atom. The smallest absolute Gasteiger partial charge is 0.338 e. The van der Waals surface area contributed by atoms with Gasteiger partial charge in [0.2, 0.25) is 0 Å². The van der Waals surface area contributed by atoms with Gasteiger partial charge in [0.25, 0.3) is 5.69 Å². The van der Waals surface area contributed by atoms with E-state index in [0.29, 0.717) is 12.2 Å². The fourth-order valence-corrected chi connectivity index (χ4v) is 2.57. The average molecular weight is 299 g/mol. The highest BCUT2D eigenvalue weighted by atomic mass is 35.5. The van der Waals surface area contributed by atoms with E-state index in [1.54, 1.807) is 0 Å². The summed E-state index contributed by atoms with van der Waals surface area (Å²) in [4.78, 5) is 23.5. The van der Waals surface area contributed by atoms with Gasteiger partial charge in [-0.15, -0.1) is 0 Å². The summed E-state index contributed by atoms with van der Waals surface area (Å²) >= 11 is 6.12. The van der Waals surface area contributed by atoms with Gasteiger partial charge in [-0.3, -0.25) is 10.1 Å². The van der Waals surface area contributed by atoms with E-state index in [2.05, 4.69) is 0 Å². The second kappa shape index (κ2) is 5.66. The third kappa shape index (κ3) is 2.85. The molecule has 1 aliphatic carbocycles. The predicted molar refractivity (Wildman–Crippen MR) is 75.7 cm³/mol. The number of nitro groups is 1. The van der Waals surface area contributed by atoms with Gasteiger partial charge in [0.05, 0.1) is 21.2 Å². The van der Waals surface area contributed by atoms with E-state index in [4.69, 9.17) is 11.6 Å². The molecule has 2 rings (SSSR count). The molecule has 6 nitrogen and oxygen atoms in total. The van der Waals surface area contributed by atoms with Crippen molar-refractivity contribution in [2.24, 2.45) is 0 Å². The molecule has 0 saturated heterocycles. The van der Waals surface area contributed by atoms with E-state index in [0.717, 1.165) is 25.3 Å². The van der Waals surface area contributed by atoms with E-state index in [9.17, 15) is 20.0 Å². The highest BCUT2D eigenvalue weighted by Crippen LogP contribution is 2.40. The minimum absolute atomic E-state index is 0.107. The van der Waals surface area contributed by atoms with Crippen LogP contribution >= 0.6 is 11.6 Å². The first-order chi connectivity index (χ1) is 9.45. The molecule has 7 heteroatoms. The lowest BCUT2D eigenvalue weighted by Gasteiger charge is -2.26. The first kappa shape index (κ1) is 14.6. The molecule has 0 bridgehead atoms. The molecule has 0 atom stereocenters. The Bertz CT molecular complexity index is 558. The van der Waals surface area contributed by atoms with Crippen molar-refractivity contribution in [2.45, 2.75) is 32.2 Å². The van der Waals surface area contributed by atoms with E-state index in [1.807, 2.05) is 11.8 Å². The molecule has 0 aromatic heterocycles. The van der Waals surface area contributed by atoms with Crippen LogP contribution in [-0.4, -0.2) is 28.6 Å². The van der Waals surface area contributed by atoms with Crippen LogP contribution in [0.4, 0.5) is 11.4 Å². The van der Waals surface area contributed by atoms with Crippen LogP contribution in [0.5, 0.6) is 0 Å². The zero-order valence-corrected chi connectivity index (χ0v) is 11.8. The minimum Gasteiger partial charge on any atom is -0.478 e. The Morgan fingerprint density at radius 2 is 2.20 bits per heavy atom. The quantitative estimate of drug-likeness (QED) is 0.643. The SMILES string of the molecule is CCCN(c1c(Cl)cc([N+](=O)[O-])cc1C(=O)O)C1CC1. The Labute approximate surface area is 121 Å². The van der Waals surface area contributed by atoms with Crippen LogP contribution in [0.1, 0.15) is 36.5 Å². The number of anilines is 1. The molecular weight excluding hydrogens is 284 g/mol. The van der Waals surface area contributed by atoms with Crippen molar-refractivity contribution in [1.29, 1.82) is 0 Å². The molecule has 0 aliphatic heterocycles. The Balaban J connectivity index is 2.54. The van der Waals surface area contributed by atoms with Crippen molar-refractivity contribution < 1.29 is 14.8 Å². The number of non-ortho nitro benzene ring substituents is 1. The van der Waals surface area contributed by atoms with E-state index in [-0.39, 0.29) is 22.3 Å². The number of benzene rings is 1. The van der Waals surface area contributed by atoms with Gasteiger partial charge in [0.1, 0.15) is 0 Å². The fraction of sp³-hybridized carbons (Fsp3) is 0.462. The van der Waals surface area contributed by atoms with Crippen LogP contribution < -0.4 is 4.90 Å². The number of nitro benzene ring substituents is 1. The Kier molecular flexibility index (Phi) is 4.13. The number of aromatic carboxylic acids is 1. The molecule has 0 unspecified atom stereocenters. The van der Waals surface area contributed by atoms with Crippen molar-refractivity contribution >= 4 is 28.9 Å². The number of rotatable bonds is 6. The van der Waals surface area contributed by atoms with Crippen molar-refractivity contribution in [1.82, 2.24) is 0 Å². The van der Waals surface area contributed by atoms with Crippen LogP contribution in [0, 0.1) is 10.1 Å². The first-order valence-corrected chi connectivity index (χ1v) is 6.81. The van der Waals surface area contributed by atoms with E-state index >= 15 is 0 Å². The van der Waals surface area contributed by atoms with Crippen LogP contribution in [0.3, 0.4) is 0 Å². The topological polar surface area (TPSA) is 83.7 Å². The van der Waals surface area contributed by atoms with Crippen molar-refractivity contribution in [3.63, 3.8) is 0 Å². The number of hydrogen-bond donors (Lipinski definition) is 1. The molecule has 1 N–H and O–H groups in total. The van der Waals surface area contributed by atoms with Gasteiger partial charge in [-0.1, -0.05) is 18.5 Å². The highest BCUT2D eigenvalue weighted by Gasteiger charge is 2.33. The number of carboxylic acids is 1. The summed E-state index contributed by atoms with van der Waals surface area (Å²) in [5.41, 5.74) is -0.0120. The van der Waals surface area contributed by atoms with Gasteiger partial charge in [-0.25, -0.2) is 4.79 Å². The molecule has 0 spiro atoms. The standard InChI is InChI=1S/C13H15ClN2O4/c1-2-5-15(8-3-4-8)12-10(13(17)18)6-9(16(19)20)7-11(12)14/h6-8H,2-5H2,1H3,(H,17,18). The third-order valence-electron chi connectivity index (χ3n) is 3.23. The number of nitrogens with zero attached hydrogens (tertiary/aromatic N) is 2. The average Bonchev–Trinajstić information content (AvgIpc) is 3.19. The minimum atomic E-state index is -1.20. The van der Waals surface area contributed by atoms with Gasteiger partial charge in [-0.2, -0.15) is 0 Å². The molecule has 1 fully saturated rings. The first-order valence-electron chi connectivity index (χ1n) is 6.43. The van der Waals surface area contributed by atoms with Gasteiger partial charge in [0.15, 0.2) is 0 Å². The zero-order valence-electron chi connectivity index (χ0n) is 11.0. The number of carboxylic acid groups (broad SMARTS) is 1. The zero-order chi connectivity index (χ0) is 14.9. The van der Waals surface area contributed by atoms with Gasteiger partial charge < -0.3 is 10.0 Å². The molecule has 1 saturated carbocycles. The molecular formula is C13H15ClN2O4. The third-order valence-corrected chi connectivity index (χ3v) is 3.52. The van der Waals surface area contributed by atoms with Crippen molar-refractivity contribution in [2.75, 3.05) is 11.4 Å². The maximum Gasteiger partial charge on any atom is 0.338 e. The van der Waals surface area contributed by atoms with Gasteiger partial charge in [-0.05, 0) is 19.3 Å². The monoisotopic (exact) mass is 298 g/mol. The van der Waals surface area contributed by atoms with Crippen LogP contribution in [0.15, 0.2) is 12.1 Å². The number of halogens is 1. The summed E-state index contributed by atoms with van der Waals surface area (Å²) in [5.74, 6) is -1.20. The van der Waals surface area contributed by atoms with Crippen LogP contribution in [0.2, 0.25) is 5.02 Å². The lowest BCUT2D eigenvalue weighted by atomic mass is 10.1. The van der Waals surface area contributed by atoms with Crippen LogP contribution in [-0.2, 0) is 0 Å². The summed E-state index contributed by atoms with van der Waals surface area (Å²) in [5, 5.41) is 20.3. The Morgan fingerprint density at radius 1 is 1.55 bits per heavy atom. The van der Waals surface area contributed by atoms with Gasteiger partial charge in [0, 0.05) is 24.7 Å². The molecule has 0 radical (unpaired) electrons. The highest BCUT2D eigenvalue weighted by molar-refractivity contribution is 6.34. The lowest BCUT2D eigenvalue weighted by Crippen LogP contribution is -2.28. The summed E-state index contributed by atoms with van der Waals surface area (Å²) < 4.78 is 0. The summed E-state index contributed by atoms with van der Waals surface area (Å²) in [7, 11) is 0. The molecule has 0 heterocycles. The summed E-state index contributed by atoms with van der Waals surface area (Å²) in [6.07, 6.45) is 2.83. The predicted octanol–water partition coefficient (Wildman–Crippen LogP) is 3.33. The molecule has 20 heavy (non-hydrogen) atoms. The number of hydrogen-bond acceptors (Lipinski definition) is 4. The number of carbonyl (C=O) groups is 1. The lowest BCUT2D eigenvalue weighted by molar-refractivity contribution is -0.384. The molecule has 1 aliphatic rings. The second-order valence-electron chi connectivity index (χ2n) is 4.81. The largest absolute Gasteiger partial charge is 0.478 e. The normalized spacial score (nSPS) is 14.1. The van der Waals surface area contributed by atoms with E-state index < -0.39 is 10.9 Å². The maximum absolute atomic E-state index is 11.4. The molecule has 1 aromatic rings. The molecule has 0 amide bonds. The fourth-order valence-electron chi connectivity index (χ4n) is 2.25. The van der Waals surface area contributed by atoms with Crippen molar-refractivity contribution in [3.8, 4) is 0 Å². The molecule has 108 valence electrons. The summed E-state index contributed by atoms with van der Waals surface area (Å²) in [6.45, 7) is 2.68. The molecule has 1 aromatic carbocycles. The van der Waals surface area contributed by atoms with Gasteiger partial charge >= 0.3 is 5.97 Å². The maximum atomic E-state index is 11.4. The summed E-state index contributed by atoms with van der Waals surface area (Å²) in [6, 6.07) is 2.58. The van der Waals surface area contributed by atoms with Crippen molar-refractivity contribution in [3.05, 3.63) is 32.8 Å². The van der Waals surface area contributed by atoms with Crippen LogP contribution in [0.25, 0.3) is 0 Å². The second-order valence-corrected chi connectivity index (χ2v) is 5.22. The Hall–Kier alpha value is -1.82. The van der Waals surface area contributed by atoms with E-state index in [1.165, 1.54) is 6.07 Å².